The van der Waals surface area contributed by atoms with Crippen LogP contribution in [0.25, 0.3) is 0 Å². The van der Waals surface area contributed by atoms with Crippen molar-refractivity contribution in [2.75, 3.05) is 26.9 Å². The monoisotopic (exact) mass is 350 g/mol. The summed E-state index contributed by atoms with van der Waals surface area (Å²) in [6.07, 6.45) is 0. The average Bonchev–Trinajstić information content (AvgIpc) is 2.97. The van der Waals surface area contributed by atoms with E-state index in [9.17, 15) is 13.2 Å². The molecule has 2 N–H and O–H groups in total. The van der Waals surface area contributed by atoms with Gasteiger partial charge in [-0.2, -0.15) is 4.31 Å². The number of hydrogen-bond acceptors (Lipinski definition) is 7. The van der Waals surface area contributed by atoms with E-state index in [0.717, 1.165) is 15.6 Å². The number of nitrogens with two attached hydrogens (primary N) is 1. The van der Waals surface area contributed by atoms with Gasteiger partial charge >= 0.3 is 5.97 Å². The van der Waals surface area contributed by atoms with Crippen LogP contribution in [0.4, 0.5) is 0 Å². The normalized spacial score (nSPS) is 20.1. The van der Waals surface area contributed by atoms with Crippen LogP contribution in [0.3, 0.4) is 0 Å². The minimum atomic E-state index is -3.82. The largest absolute Gasteiger partial charge is 0.468 e. The summed E-state index contributed by atoms with van der Waals surface area (Å²) in [6, 6.07) is 2.00. The Morgan fingerprint density at radius 2 is 2.29 bits per heavy atom. The molecule has 1 saturated heterocycles. The number of carbonyl (C=O) groups is 1. The Morgan fingerprint density at radius 1 is 1.57 bits per heavy atom. The van der Waals surface area contributed by atoms with Crippen LogP contribution in [0.5, 0.6) is 0 Å². The van der Waals surface area contributed by atoms with E-state index in [1.807, 2.05) is 0 Å². The molecule has 1 aromatic rings. The number of esters is 1. The summed E-state index contributed by atoms with van der Waals surface area (Å²) in [4.78, 5) is 12.4. The topological polar surface area (TPSA) is 98.9 Å². The van der Waals surface area contributed by atoms with Crippen LogP contribution in [-0.4, -0.2) is 56.6 Å². The molecule has 0 aromatic carbocycles. The van der Waals surface area contributed by atoms with Crippen molar-refractivity contribution in [2.24, 2.45) is 5.73 Å². The lowest BCUT2D eigenvalue weighted by Gasteiger charge is -2.32. The second-order valence-corrected chi connectivity index (χ2v) is 7.85. The minimum Gasteiger partial charge on any atom is -0.468 e. The Balaban J connectivity index is 2.35. The van der Waals surface area contributed by atoms with Crippen LogP contribution in [0, 0.1) is 0 Å². The van der Waals surface area contributed by atoms with Gasteiger partial charge in [0, 0.05) is 6.54 Å². The number of sulfonamides is 1. The predicted octanol–water partition coefficient (Wildman–Crippen LogP) is -0.0552. The van der Waals surface area contributed by atoms with Crippen molar-refractivity contribution >= 4 is 44.5 Å². The predicted molar refractivity (Wildman–Crippen MR) is 80.7 cm³/mol. The Morgan fingerprint density at radius 3 is 2.86 bits per heavy atom. The third-order valence-electron chi connectivity index (χ3n) is 2.94. The van der Waals surface area contributed by atoms with Gasteiger partial charge in [0.1, 0.15) is 15.2 Å². The number of thiocarbonyl (C=S) groups is 1. The number of nitrogens with zero attached hydrogens (tertiary/aromatic N) is 1. The molecule has 0 spiro atoms. The lowest BCUT2D eigenvalue weighted by molar-refractivity contribution is -0.149. The molecule has 10 heteroatoms. The zero-order valence-electron chi connectivity index (χ0n) is 11.1. The highest BCUT2D eigenvalue weighted by molar-refractivity contribution is 7.91. The van der Waals surface area contributed by atoms with Crippen LogP contribution in [0.2, 0.25) is 0 Å². The van der Waals surface area contributed by atoms with Crippen LogP contribution in [0.1, 0.15) is 4.88 Å². The van der Waals surface area contributed by atoms with Gasteiger partial charge in [-0.3, -0.25) is 4.79 Å². The third-order valence-corrected chi connectivity index (χ3v) is 6.78. The standard InChI is InChI=1S/C11H14N2O5S3/c1-17-11(14)7-6-18-5-4-13(7)21(15,16)9-3-2-8(20-9)10(12)19/h2-3,7H,4-6H2,1H3,(H2,12,19). The molecule has 1 unspecified atom stereocenters. The molecule has 21 heavy (non-hydrogen) atoms. The van der Waals surface area contributed by atoms with Crippen LogP contribution < -0.4 is 5.73 Å². The lowest BCUT2D eigenvalue weighted by atomic mass is 10.3. The molecular formula is C11H14N2O5S3. The van der Waals surface area contributed by atoms with Gasteiger partial charge in [0.15, 0.2) is 0 Å². The van der Waals surface area contributed by atoms with Crippen molar-refractivity contribution < 1.29 is 22.7 Å². The summed E-state index contributed by atoms with van der Waals surface area (Å²) in [5, 5.41) is 0. The van der Waals surface area contributed by atoms with E-state index in [2.05, 4.69) is 4.74 Å². The third kappa shape index (κ3) is 3.24. The van der Waals surface area contributed by atoms with Crippen LogP contribution in [0.15, 0.2) is 16.3 Å². The van der Waals surface area contributed by atoms with E-state index in [1.165, 1.54) is 13.2 Å². The van der Waals surface area contributed by atoms with Crippen LogP contribution >= 0.6 is 23.6 Å². The molecule has 1 aliphatic rings. The Bertz CT molecular complexity index is 655. The molecule has 0 aliphatic carbocycles. The highest BCUT2D eigenvalue weighted by Gasteiger charge is 2.39. The first-order valence-electron chi connectivity index (χ1n) is 5.95. The zero-order chi connectivity index (χ0) is 15.6. The number of morpholine rings is 1. The first-order valence-corrected chi connectivity index (χ1v) is 8.61. The van der Waals surface area contributed by atoms with E-state index in [-0.39, 0.29) is 29.0 Å². The maximum absolute atomic E-state index is 12.6. The molecular weight excluding hydrogens is 336 g/mol. The molecule has 1 atom stereocenters. The fourth-order valence-corrected chi connectivity index (χ4v) is 4.93. The SMILES string of the molecule is COC(=O)C1COCCN1S(=O)(=O)c1ccc(C(N)=S)s1. The number of rotatable bonds is 4. The van der Waals surface area contributed by atoms with Gasteiger partial charge in [-0.1, -0.05) is 12.2 Å². The molecule has 1 aromatic heterocycles. The smallest absolute Gasteiger partial charge is 0.326 e. The number of thiophene rings is 1. The van der Waals surface area contributed by atoms with Crippen molar-refractivity contribution in [1.29, 1.82) is 0 Å². The summed E-state index contributed by atoms with van der Waals surface area (Å²) in [5.41, 5.74) is 5.49. The van der Waals surface area contributed by atoms with Crippen molar-refractivity contribution in [2.45, 2.75) is 10.3 Å². The zero-order valence-corrected chi connectivity index (χ0v) is 13.6. The summed E-state index contributed by atoms with van der Waals surface area (Å²) in [7, 11) is -2.62. The second kappa shape index (κ2) is 6.36. The highest BCUT2D eigenvalue weighted by atomic mass is 32.2. The van der Waals surface area contributed by atoms with E-state index in [1.54, 1.807) is 6.07 Å². The lowest BCUT2D eigenvalue weighted by Crippen LogP contribution is -2.52. The Labute approximate surface area is 131 Å². The van der Waals surface area contributed by atoms with Gasteiger partial charge in [0.2, 0.25) is 0 Å². The maximum Gasteiger partial charge on any atom is 0.326 e. The van der Waals surface area contributed by atoms with Gasteiger partial charge in [-0.05, 0) is 12.1 Å². The minimum absolute atomic E-state index is 0.0283. The van der Waals surface area contributed by atoms with E-state index >= 15 is 0 Å². The fourth-order valence-electron chi connectivity index (χ4n) is 1.90. The molecule has 1 aliphatic heterocycles. The summed E-state index contributed by atoms with van der Waals surface area (Å²) < 4.78 is 36.3. The first kappa shape index (κ1) is 16.3. The van der Waals surface area contributed by atoms with Gasteiger partial charge < -0.3 is 15.2 Å². The number of methoxy groups -OCH3 is 1. The Kier molecular flexibility index (Phi) is 4.94. The average molecular weight is 350 g/mol. The molecule has 0 bridgehead atoms. The fraction of sp³-hybridized carbons (Fsp3) is 0.455. The molecule has 7 nitrogen and oxygen atoms in total. The van der Waals surface area contributed by atoms with Crippen LogP contribution in [-0.2, 0) is 24.3 Å². The van der Waals surface area contributed by atoms with E-state index in [0.29, 0.717) is 4.88 Å². The van der Waals surface area contributed by atoms with Crippen molar-refractivity contribution in [3.05, 3.63) is 17.0 Å². The van der Waals surface area contributed by atoms with Crippen molar-refractivity contribution in [1.82, 2.24) is 4.31 Å². The van der Waals surface area contributed by atoms with E-state index < -0.39 is 22.0 Å². The van der Waals surface area contributed by atoms with Crippen molar-refractivity contribution in [3.8, 4) is 0 Å². The number of hydrogen-bond donors (Lipinski definition) is 1. The maximum atomic E-state index is 12.6. The van der Waals surface area contributed by atoms with Crippen molar-refractivity contribution in [3.63, 3.8) is 0 Å². The number of ether oxygens (including phenoxy) is 2. The van der Waals surface area contributed by atoms with E-state index in [4.69, 9.17) is 22.7 Å². The second-order valence-electron chi connectivity index (χ2n) is 4.21. The Hall–Kier alpha value is -1.07. The molecule has 0 amide bonds. The molecule has 0 saturated carbocycles. The van der Waals surface area contributed by atoms with Gasteiger partial charge in [0.05, 0.1) is 25.2 Å². The molecule has 1 fully saturated rings. The molecule has 2 heterocycles. The molecule has 116 valence electrons. The quantitative estimate of drug-likeness (QED) is 0.600. The molecule has 0 radical (unpaired) electrons. The first-order chi connectivity index (χ1) is 9.87. The number of carbonyl (C=O) groups excluding carboxylic acids is 1. The van der Waals surface area contributed by atoms with Gasteiger partial charge in [-0.15, -0.1) is 11.3 Å². The summed E-state index contributed by atoms with van der Waals surface area (Å²) >= 11 is 5.80. The van der Waals surface area contributed by atoms with Gasteiger partial charge in [0.25, 0.3) is 10.0 Å². The summed E-state index contributed by atoms with van der Waals surface area (Å²) in [6.45, 7) is 0.280. The highest BCUT2D eigenvalue weighted by Crippen LogP contribution is 2.27. The molecule has 2 rings (SSSR count). The van der Waals surface area contributed by atoms with Gasteiger partial charge in [-0.25, -0.2) is 8.42 Å². The summed E-state index contributed by atoms with van der Waals surface area (Å²) in [5.74, 6) is -0.649.